The lowest BCUT2D eigenvalue weighted by Gasteiger charge is -2.21. The molecule has 0 bridgehead atoms. The number of hydrogen-bond acceptors (Lipinski definition) is 5. The summed E-state index contributed by atoms with van der Waals surface area (Å²) in [7, 11) is 0. The monoisotopic (exact) mass is 390 g/mol. The molecule has 0 aromatic heterocycles. The molecule has 0 spiro atoms. The first-order chi connectivity index (χ1) is 13.2. The molecule has 27 heavy (non-hydrogen) atoms. The Labute approximate surface area is 166 Å². The van der Waals surface area contributed by atoms with E-state index in [1.165, 1.54) is 0 Å². The van der Waals surface area contributed by atoms with E-state index in [1.807, 2.05) is 50.2 Å². The highest BCUT2D eigenvalue weighted by molar-refractivity contribution is 7.99. The molecule has 2 unspecified atom stereocenters. The van der Waals surface area contributed by atoms with Gasteiger partial charge in [0.15, 0.2) is 0 Å². The predicted octanol–water partition coefficient (Wildman–Crippen LogP) is 4.77. The second-order valence-corrected chi connectivity index (χ2v) is 7.44. The highest BCUT2D eigenvalue weighted by atomic mass is 32.2. The van der Waals surface area contributed by atoms with E-state index in [9.17, 15) is 10.2 Å². The number of thioether (sulfide) groups is 1. The van der Waals surface area contributed by atoms with Crippen LogP contribution in [0.5, 0.6) is 11.5 Å². The maximum atomic E-state index is 10.2. The van der Waals surface area contributed by atoms with Crippen LogP contribution >= 0.6 is 11.8 Å². The number of para-hydroxylation sites is 2. The van der Waals surface area contributed by atoms with E-state index >= 15 is 0 Å². The van der Waals surface area contributed by atoms with Gasteiger partial charge in [-0.2, -0.15) is 11.8 Å². The van der Waals surface area contributed by atoms with Gasteiger partial charge in [-0.3, -0.25) is 0 Å². The lowest BCUT2D eigenvalue weighted by atomic mass is 10.0. The van der Waals surface area contributed by atoms with Crippen molar-refractivity contribution in [2.75, 3.05) is 37.9 Å². The third kappa shape index (κ3) is 6.76. The Bertz CT molecular complexity index is 619. The molecule has 0 amide bonds. The molecule has 5 heteroatoms. The Morgan fingerprint density at radius 2 is 1.15 bits per heavy atom. The van der Waals surface area contributed by atoms with Crippen molar-refractivity contribution < 1.29 is 19.7 Å². The summed E-state index contributed by atoms with van der Waals surface area (Å²) in [5, 5.41) is 20.4. The molecule has 0 saturated heterocycles. The number of rotatable bonds is 12. The van der Waals surface area contributed by atoms with Gasteiger partial charge in [0.2, 0.25) is 0 Å². The summed E-state index contributed by atoms with van der Waals surface area (Å²) < 4.78 is 11.3. The van der Waals surface area contributed by atoms with Crippen molar-refractivity contribution in [1.82, 2.24) is 0 Å². The molecule has 2 atom stereocenters. The zero-order valence-electron chi connectivity index (χ0n) is 16.1. The van der Waals surface area contributed by atoms with E-state index in [1.54, 1.807) is 23.9 Å². The van der Waals surface area contributed by atoms with Gasteiger partial charge in [-0.15, -0.1) is 0 Å². The molecule has 2 aromatic carbocycles. The van der Waals surface area contributed by atoms with Crippen molar-refractivity contribution in [2.24, 2.45) is 0 Å². The quantitative estimate of drug-likeness (QED) is 0.547. The maximum Gasteiger partial charge on any atom is 0.119 e. The van der Waals surface area contributed by atoms with Crippen LogP contribution in [0.4, 0.5) is 0 Å². The van der Waals surface area contributed by atoms with Crippen molar-refractivity contribution in [3.8, 4) is 11.5 Å². The Balaban J connectivity index is 2.03. The van der Waals surface area contributed by atoms with Crippen LogP contribution in [-0.2, 0) is 9.47 Å². The third-order valence-electron chi connectivity index (χ3n) is 4.44. The molecule has 4 nitrogen and oxygen atoms in total. The smallest absolute Gasteiger partial charge is 0.119 e. The summed E-state index contributed by atoms with van der Waals surface area (Å²) in [5.41, 5.74) is 1.84. The Morgan fingerprint density at radius 1 is 0.741 bits per heavy atom. The molecule has 0 aliphatic rings. The van der Waals surface area contributed by atoms with Crippen LogP contribution in [-0.4, -0.2) is 48.1 Å². The van der Waals surface area contributed by atoms with E-state index in [2.05, 4.69) is 0 Å². The molecule has 2 aromatic rings. The average molecular weight is 391 g/mol. The summed E-state index contributed by atoms with van der Waals surface area (Å²) in [6, 6.07) is 14.9. The molecule has 0 saturated carbocycles. The van der Waals surface area contributed by atoms with Crippen molar-refractivity contribution in [2.45, 2.75) is 25.7 Å². The molecule has 148 valence electrons. The molecule has 2 rings (SSSR count). The van der Waals surface area contributed by atoms with Gasteiger partial charge in [0.1, 0.15) is 11.5 Å². The van der Waals surface area contributed by atoms with Crippen LogP contribution in [0.15, 0.2) is 48.5 Å². The average Bonchev–Trinajstić information content (AvgIpc) is 2.68. The van der Waals surface area contributed by atoms with E-state index in [0.29, 0.717) is 37.9 Å². The second kappa shape index (κ2) is 11.9. The van der Waals surface area contributed by atoms with Gasteiger partial charge >= 0.3 is 0 Å². The van der Waals surface area contributed by atoms with Crippen molar-refractivity contribution in [3.63, 3.8) is 0 Å². The van der Waals surface area contributed by atoms with Crippen LogP contribution in [0.25, 0.3) is 0 Å². The zero-order valence-corrected chi connectivity index (χ0v) is 17.0. The molecule has 0 fully saturated rings. The van der Waals surface area contributed by atoms with Gasteiger partial charge in [-0.25, -0.2) is 0 Å². The number of phenolic OH excluding ortho intramolecular Hbond substituents is 2. The third-order valence-corrected chi connectivity index (χ3v) is 5.71. The Hall–Kier alpha value is -1.69. The van der Waals surface area contributed by atoms with E-state index in [0.717, 1.165) is 22.6 Å². The van der Waals surface area contributed by atoms with Gasteiger partial charge in [0, 0.05) is 47.7 Å². The fraction of sp³-hybridized carbons (Fsp3) is 0.455. The SMILES string of the molecule is CCOCC(CSCC(COCC)c1ccccc1O)c1ccccc1O. The second-order valence-electron chi connectivity index (χ2n) is 6.37. The topological polar surface area (TPSA) is 58.9 Å². The minimum atomic E-state index is 0.119. The van der Waals surface area contributed by atoms with Crippen LogP contribution in [0.2, 0.25) is 0 Å². The van der Waals surface area contributed by atoms with Crippen LogP contribution in [0.3, 0.4) is 0 Å². The molecule has 0 radical (unpaired) electrons. The summed E-state index contributed by atoms with van der Waals surface area (Å²) in [4.78, 5) is 0. The highest BCUT2D eigenvalue weighted by Crippen LogP contribution is 2.33. The number of phenols is 2. The number of hydrogen-bond donors (Lipinski definition) is 2. The highest BCUT2D eigenvalue weighted by Gasteiger charge is 2.19. The molecular weight excluding hydrogens is 360 g/mol. The van der Waals surface area contributed by atoms with E-state index < -0.39 is 0 Å². The predicted molar refractivity (Wildman–Crippen MR) is 112 cm³/mol. The largest absolute Gasteiger partial charge is 0.508 e. The number of ether oxygens (including phenoxy) is 2. The molecule has 0 aliphatic carbocycles. The first kappa shape index (κ1) is 21.6. The normalized spacial score (nSPS) is 13.4. The number of aromatic hydroxyl groups is 2. The van der Waals surface area contributed by atoms with Crippen LogP contribution in [0.1, 0.15) is 36.8 Å². The van der Waals surface area contributed by atoms with Crippen molar-refractivity contribution in [3.05, 3.63) is 59.7 Å². The summed E-state index contributed by atoms with van der Waals surface area (Å²) in [5.74, 6) is 2.52. The maximum absolute atomic E-state index is 10.2. The van der Waals surface area contributed by atoms with Gasteiger partial charge < -0.3 is 19.7 Å². The first-order valence-electron chi connectivity index (χ1n) is 9.46. The first-order valence-corrected chi connectivity index (χ1v) is 10.6. The fourth-order valence-corrected chi connectivity index (χ4v) is 4.25. The molecular formula is C22H30O4S. The minimum absolute atomic E-state index is 0.119. The molecule has 0 aliphatic heterocycles. The van der Waals surface area contributed by atoms with E-state index in [4.69, 9.17) is 9.47 Å². The van der Waals surface area contributed by atoms with Gasteiger partial charge in [0.05, 0.1) is 13.2 Å². The van der Waals surface area contributed by atoms with Crippen LogP contribution < -0.4 is 0 Å². The molecule has 2 N–H and O–H groups in total. The van der Waals surface area contributed by atoms with Gasteiger partial charge in [-0.05, 0) is 26.0 Å². The lowest BCUT2D eigenvalue weighted by Crippen LogP contribution is -2.15. The number of benzene rings is 2. The standard InChI is InChI=1S/C22H30O4S/c1-3-25-13-17(19-9-5-7-11-21(19)23)15-27-16-18(14-26-4-2)20-10-6-8-12-22(20)24/h5-12,17-18,23-24H,3-4,13-16H2,1-2H3. The van der Waals surface area contributed by atoms with Gasteiger partial charge in [0.25, 0.3) is 0 Å². The summed E-state index contributed by atoms with van der Waals surface area (Å²) in [6.45, 7) is 6.41. The summed E-state index contributed by atoms with van der Waals surface area (Å²) in [6.07, 6.45) is 0. The van der Waals surface area contributed by atoms with E-state index in [-0.39, 0.29) is 11.8 Å². The minimum Gasteiger partial charge on any atom is -0.508 e. The Morgan fingerprint density at radius 3 is 1.52 bits per heavy atom. The zero-order chi connectivity index (χ0) is 19.5. The Kier molecular flexibility index (Phi) is 9.53. The van der Waals surface area contributed by atoms with Crippen molar-refractivity contribution in [1.29, 1.82) is 0 Å². The summed E-state index contributed by atoms with van der Waals surface area (Å²) >= 11 is 1.80. The molecule has 0 heterocycles. The van der Waals surface area contributed by atoms with Crippen molar-refractivity contribution >= 4 is 11.8 Å². The van der Waals surface area contributed by atoms with Gasteiger partial charge in [-0.1, -0.05) is 36.4 Å². The van der Waals surface area contributed by atoms with Crippen LogP contribution in [0, 0.1) is 0 Å². The lowest BCUT2D eigenvalue weighted by molar-refractivity contribution is 0.135. The fourth-order valence-electron chi connectivity index (χ4n) is 2.99.